The molecule has 0 aliphatic heterocycles. The van der Waals surface area contributed by atoms with Crippen molar-refractivity contribution in [2.75, 3.05) is 6.61 Å². The molecular weight excluding hydrogens is 345 g/mol. The van der Waals surface area contributed by atoms with Gasteiger partial charge in [0.1, 0.15) is 3.70 Å². The van der Waals surface area contributed by atoms with Crippen molar-refractivity contribution >= 4 is 28.6 Å². The molecule has 0 aromatic carbocycles. The van der Waals surface area contributed by atoms with Crippen LogP contribution in [-0.2, 0) is 11.3 Å². The third-order valence-electron chi connectivity index (χ3n) is 2.02. The van der Waals surface area contributed by atoms with E-state index in [1.54, 1.807) is 6.92 Å². The molecule has 7 heteroatoms. The molecule has 0 aliphatic rings. The van der Waals surface area contributed by atoms with Gasteiger partial charge in [-0.3, -0.25) is 0 Å². The molecule has 0 fully saturated rings. The van der Waals surface area contributed by atoms with Gasteiger partial charge in [0.15, 0.2) is 5.69 Å². The number of ether oxygens (including phenoxy) is 1. The van der Waals surface area contributed by atoms with Gasteiger partial charge in [-0.1, -0.05) is 0 Å². The van der Waals surface area contributed by atoms with Crippen LogP contribution < -0.4 is 5.73 Å². The summed E-state index contributed by atoms with van der Waals surface area (Å²) in [5, 5.41) is 0. The molecule has 1 aromatic heterocycles. The minimum Gasteiger partial charge on any atom is -0.461 e. The largest absolute Gasteiger partial charge is 0.461 e. The van der Waals surface area contributed by atoms with Crippen molar-refractivity contribution in [1.82, 2.24) is 4.98 Å². The molecule has 94 valence electrons. The Kier molecular flexibility index (Phi) is 5.19. The summed E-state index contributed by atoms with van der Waals surface area (Å²) >= 11 is 1.84. The van der Waals surface area contributed by atoms with E-state index in [0.717, 1.165) is 0 Å². The van der Waals surface area contributed by atoms with Crippen LogP contribution in [0, 0.1) is 3.70 Å². The van der Waals surface area contributed by atoms with Crippen molar-refractivity contribution < 1.29 is 18.3 Å². The molecule has 17 heavy (non-hydrogen) atoms. The molecule has 0 saturated heterocycles. The van der Waals surface area contributed by atoms with Gasteiger partial charge in [-0.05, 0) is 41.1 Å². The van der Waals surface area contributed by atoms with Gasteiger partial charge in [-0.25, -0.2) is 18.6 Å². The molecule has 0 saturated carbocycles. The smallest absolute Gasteiger partial charge is 0.357 e. The molecule has 0 amide bonds. The summed E-state index contributed by atoms with van der Waals surface area (Å²) < 4.78 is 30.9. The zero-order valence-corrected chi connectivity index (χ0v) is 11.2. The summed E-state index contributed by atoms with van der Waals surface area (Å²) in [5.74, 6) is -0.851. The van der Waals surface area contributed by atoms with E-state index >= 15 is 0 Å². The van der Waals surface area contributed by atoms with E-state index in [9.17, 15) is 13.6 Å². The summed E-state index contributed by atoms with van der Waals surface area (Å²) in [6, 6.07) is 1.44. The first-order chi connectivity index (χ1) is 8.01. The number of pyridine rings is 1. The average Bonchev–Trinajstić information content (AvgIpc) is 2.27. The predicted molar refractivity (Wildman–Crippen MR) is 65.8 cm³/mol. The molecule has 1 heterocycles. The number of carbonyl (C=O) groups excluding carboxylic acids is 1. The van der Waals surface area contributed by atoms with Crippen LogP contribution in [-0.4, -0.2) is 17.6 Å². The predicted octanol–water partition coefficient (Wildman–Crippen LogP) is 2.26. The average molecular weight is 356 g/mol. The number of hydrogen-bond donors (Lipinski definition) is 1. The third kappa shape index (κ3) is 3.32. The monoisotopic (exact) mass is 356 g/mol. The van der Waals surface area contributed by atoms with E-state index in [-0.39, 0.29) is 24.4 Å². The topological polar surface area (TPSA) is 65.2 Å². The zero-order valence-electron chi connectivity index (χ0n) is 9.04. The number of alkyl halides is 2. The Labute approximate surface area is 111 Å². The molecule has 0 atom stereocenters. The highest BCUT2D eigenvalue weighted by Crippen LogP contribution is 2.27. The fourth-order valence-electron chi connectivity index (χ4n) is 1.34. The van der Waals surface area contributed by atoms with Crippen molar-refractivity contribution in [2.24, 2.45) is 5.73 Å². The van der Waals surface area contributed by atoms with E-state index in [1.807, 2.05) is 22.6 Å². The number of hydrogen-bond acceptors (Lipinski definition) is 4. The molecular formula is C10H11F2IN2O2. The van der Waals surface area contributed by atoms with Gasteiger partial charge in [0.25, 0.3) is 6.43 Å². The minimum atomic E-state index is -2.81. The second-order valence-corrected chi connectivity index (χ2v) is 4.20. The number of nitrogens with zero attached hydrogens (tertiary/aromatic N) is 1. The molecule has 1 rings (SSSR count). The van der Waals surface area contributed by atoms with Crippen LogP contribution in [0.3, 0.4) is 0 Å². The second kappa shape index (κ2) is 6.20. The maximum absolute atomic E-state index is 12.9. The van der Waals surface area contributed by atoms with Crippen LogP contribution in [0.25, 0.3) is 0 Å². The normalized spacial score (nSPS) is 10.7. The van der Waals surface area contributed by atoms with Gasteiger partial charge < -0.3 is 10.5 Å². The second-order valence-electron chi connectivity index (χ2n) is 3.09. The highest BCUT2D eigenvalue weighted by Gasteiger charge is 2.25. The summed E-state index contributed by atoms with van der Waals surface area (Å²) in [6.07, 6.45) is -2.81. The molecule has 0 aliphatic carbocycles. The lowest BCUT2D eigenvalue weighted by Crippen LogP contribution is -2.15. The molecule has 4 nitrogen and oxygen atoms in total. The minimum absolute atomic E-state index is 0.0788. The highest BCUT2D eigenvalue weighted by molar-refractivity contribution is 14.1. The first-order valence-electron chi connectivity index (χ1n) is 4.85. The lowest BCUT2D eigenvalue weighted by atomic mass is 10.1. The number of carbonyl (C=O) groups is 1. The van der Waals surface area contributed by atoms with Crippen LogP contribution in [0.2, 0.25) is 0 Å². The lowest BCUT2D eigenvalue weighted by molar-refractivity contribution is 0.0506. The quantitative estimate of drug-likeness (QED) is 0.511. The summed E-state index contributed by atoms with van der Waals surface area (Å²) in [4.78, 5) is 15.3. The van der Waals surface area contributed by atoms with E-state index < -0.39 is 18.0 Å². The van der Waals surface area contributed by atoms with Gasteiger partial charge in [0.05, 0.1) is 12.2 Å². The molecule has 1 aromatic rings. The fraction of sp³-hybridized carbons (Fsp3) is 0.400. The molecule has 0 unspecified atom stereocenters. The van der Waals surface area contributed by atoms with Crippen molar-refractivity contribution in [3.05, 3.63) is 26.6 Å². The summed E-state index contributed by atoms with van der Waals surface area (Å²) in [5.41, 5.74) is 4.80. The SMILES string of the molecule is CCOC(=O)c1nc(I)cc(CN)c1C(F)F. The van der Waals surface area contributed by atoms with Crippen molar-refractivity contribution in [2.45, 2.75) is 19.9 Å². The zero-order chi connectivity index (χ0) is 13.0. The van der Waals surface area contributed by atoms with Crippen LogP contribution in [0.5, 0.6) is 0 Å². The van der Waals surface area contributed by atoms with Gasteiger partial charge >= 0.3 is 5.97 Å². The highest BCUT2D eigenvalue weighted by atomic mass is 127. The van der Waals surface area contributed by atoms with Crippen molar-refractivity contribution in [3.63, 3.8) is 0 Å². The Balaban J connectivity index is 3.35. The first kappa shape index (κ1) is 14.2. The van der Waals surface area contributed by atoms with E-state index in [1.165, 1.54) is 6.07 Å². The Morgan fingerprint density at radius 1 is 1.65 bits per heavy atom. The Morgan fingerprint density at radius 3 is 2.76 bits per heavy atom. The fourth-order valence-corrected chi connectivity index (χ4v) is 1.96. The van der Waals surface area contributed by atoms with Gasteiger partial charge in [-0.15, -0.1) is 0 Å². The first-order valence-corrected chi connectivity index (χ1v) is 5.93. The number of rotatable bonds is 4. The maximum atomic E-state index is 12.9. The van der Waals surface area contributed by atoms with Gasteiger partial charge in [-0.2, -0.15) is 0 Å². The molecule has 0 bridgehead atoms. The van der Waals surface area contributed by atoms with Crippen molar-refractivity contribution in [3.8, 4) is 0 Å². The van der Waals surface area contributed by atoms with Gasteiger partial charge in [0, 0.05) is 6.54 Å². The van der Waals surface area contributed by atoms with E-state index in [4.69, 9.17) is 10.5 Å². The standard InChI is InChI=1S/C10H11F2IN2O2/c1-2-17-10(16)8-7(9(11)12)5(4-14)3-6(13)15-8/h3,9H,2,4,14H2,1H3. The van der Waals surface area contributed by atoms with Crippen molar-refractivity contribution in [1.29, 1.82) is 0 Å². The lowest BCUT2D eigenvalue weighted by Gasteiger charge is -2.12. The maximum Gasteiger partial charge on any atom is 0.357 e. The molecule has 0 radical (unpaired) electrons. The summed E-state index contributed by atoms with van der Waals surface area (Å²) in [7, 11) is 0. The van der Waals surface area contributed by atoms with Crippen LogP contribution in [0.1, 0.15) is 35.0 Å². The number of esters is 1. The Bertz CT molecular complexity index is 427. The number of aromatic nitrogens is 1. The van der Waals surface area contributed by atoms with Crippen LogP contribution in [0.15, 0.2) is 6.07 Å². The number of halogens is 3. The van der Waals surface area contributed by atoms with Crippen LogP contribution in [0.4, 0.5) is 8.78 Å². The van der Waals surface area contributed by atoms with E-state index in [0.29, 0.717) is 3.70 Å². The Hall–Kier alpha value is -0.830. The molecule has 0 spiro atoms. The van der Waals surface area contributed by atoms with E-state index in [2.05, 4.69) is 4.98 Å². The van der Waals surface area contributed by atoms with Crippen LogP contribution >= 0.6 is 22.6 Å². The Morgan fingerprint density at radius 2 is 2.29 bits per heavy atom. The molecule has 2 N–H and O–H groups in total. The van der Waals surface area contributed by atoms with Gasteiger partial charge in [0.2, 0.25) is 0 Å². The number of nitrogens with two attached hydrogens (primary N) is 1. The summed E-state index contributed by atoms with van der Waals surface area (Å²) in [6.45, 7) is 1.62. The third-order valence-corrected chi connectivity index (χ3v) is 2.57.